The van der Waals surface area contributed by atoms with Crippen LogP contribution in [0.25, 0.3) is 10.9 Å². The highest BCUT2D eigenvalue weighted by molar-refractivity contribution is 6.03. The number of rotatable bonds is 4. The number of ether oxygens (including phenoxy) is 1. The van der Waals surface area contributed by atoms with Gasteiger partial charge in [-0.1, -0.05) is 18.2 Å². The second-order valence-corrected chi connectivity index (χ2v) is 5.43. The van der Waals surface area contributed by atoms with E-state index in [4.69, 9.17) is 4.74 Å². The zero-order valence-electron chi connectivity index (χ0n) is 11.9. The fourth-order valence-electron chi connectivity index (χ4n) is 2.72. The molecule has 1 aromatic heterocycles. The molecule has 1 fully saturated rings. The molecule has 0 amide bonds. The summed E-state index contributed by atoms with van der Waals surface area (Å²) < 4.78 is 5.39. The fraction of sp³-hybridized carbons (Fsp3) is 0.375. The van der Waals surface area contributed by atoms with Crippen molar-refractivity contribution in [2.24, 2.45) is 5.92 Å². The van der Waals surface area contributed by atoms with E-state index in [0.29, 0.717) is 22.6 Å². The van der Waals surface area contributed by atoms with Gasteiger partial charge in [-0.15, -0.1) is 0 Å². The number of carboxylic acids is 1. The van der Waals surface area contributed by atoms with E-state index in [-0.39, 0.29) is 11.6 Å². The van der Waals surface area contributed by atoms with Crippen LogP contribution in [0.2, 0.25) is 0 Å². The number of nitrogens with zero attached hydrogens (tertiary/aromatic N) is 1. The van der Waals surface area contributed by atoms with Gasteiger partial charge in [-0.25, -0.2) is 9.78 Å². The van der Waals surface area contributed by atoms with Gasteiger partial charge in [0.25, 0.3) is 0 Å². The van der Waals surface area contributed by atoms with E-state index in [9.17, 15) is 9.90 Å². The molecule has 2 heterocycles. The first kappa shape index (κ1) is 13.8. The van der Waals surface area contributed by atoms with Crippen LogP contribution in [0.1, 0.15) is 23.7 Å². The van der Waals surface area contributed by atoms with Gasteiger partial charge in [-0.05, 0) is 25.5 Å². The minimum Gasteiger partial charge on any atom is -0.478 e. The zero-order chi connectivity index (χ0) is 14.8. The largest absolute Gasteiger partial charge is 0.478 e. The number of carbonyl (C=O) groups is 1. The lowest BCUT2D eigenvalue weighted by Crippen LogP contribution is -2.26. The van der Waals surface area contributed by atoms with Crippen LogP contribution in [-0.4, -0.2) is 35.3 Å². The lowest BCUT2D eigenvalue weighted by Gasteiger charge is -2.20. The van der Waals surface area contributed by atoms with Crippen molar-refractivity contribution in [1.82, 2.24) is 4.98 Å². The van der Waals surface area contributed by atoms with E-state index >= 15 is 0 Å². The van der Waals surface area contributed by atoms with Crippen LogP contribution in [0.15, 0.2) is 30.3 Å². The van der Waals surface area contributed by atoms with Gasteiger partial charge in [0.2, 0.25) is 0 Å². The molecule has 5 heteroatoms. The quantitative estimate of drug-likeness (QED) is 0.904. The van der Waals surface area contributed by atoms with E-state index < -0.39 is 5.97 Å². The Morgan fingerprint density at radius 3 is 3.00 bits per heavy atom. The average molecular weight is 286 g/mol. The Hall–Kier alpha value is -2.14. The van der Waals surface area contributed by atoms with E-state index in [2.05, 4.69) is 17.2 Å². The standard InChI is InChI=1S/C16H18N2O3/c1-10(11-6-7-21-9-11)17-15-8-13(16(19)20)12-4-2-3-5-14(12)18-15/h2-5,8,10-11H,6-7,9H2,1H3,(H,17,18)(H,19,20). The van der Waals surface area contributed by atoms with E-state index in [1.54, 1.807) is 12.1 Å². The van der Waals surface area contributed by atoms with Gasteiger partial charge < -0.3 is 15.2 Å². The highest BCUT2D eigenvalue weighted by Gasteiger charge is 2.23. The van der Waals surface area contributed by atoms with Gasteiger partial charge >= 0.3 is 5.97 Å². The number of hydrogen-bond acceptors (Lipinski definition) is 4. The predicted octanol–water partition coefficient (Wildman–Crippen LogP) is 2.77. The number of nitrogens with one attached hydrogen (secondary N) is 1. The van der Waals surface area contributed by atoms with Crippen molar-refractivity contribution in [3.8, 4) is 0 Å². The number of para-hydroxylation sites is 1. The second kappa shape index (κ2) is 5.69. The summed E-state index contributed by atoms with van der Waals surface area (Å²) in [5.41, 5.74) is 0.966. The molecular formula is C16H18N2O3. The first-order chi connectivity index (χ1) is 10.1. The van der Waals surface area contributed by atoms with Crippen LogP contribution in [0.5, 0.6) is 0 Å². The molecule has 0 bridgehead atoms. The molecular weight excluding hydrogens is 268 g/mol. The Labute approximate surface area is 123 Å². The molecule has 2 unspecified atom stereocenters. The summed E-state index contributed by atoms with van der Waals surface area (Å²) in [5, 5.41) is 13.4. The summed E-state index contributed by atoms with van der Waals surface area (Å²) in [5.74, 6) is 0.102. The SMILES string of the molecule is CC(Nc1cc(C(=O)O)c2ccccc2n1)C1CCOC1. The molecule has 0 aliphatic carbocycles. The molecule has 0 spiro atoms. The summed E-state index contributed by atoms with van der Waals surface area (Å²) in [6.07, 6.45) is 1.02. The van der Waals surface area contributed by atoms with Crippen molar-refractivity contribution in [3.05, 3.63) is 35.9 Å². The van der Waals surface area contributed by atoms with Crippen LogP contribution >= 0.6 is 0 Å². The van der Waals surface area contributed by atoms with E-state index in [0.717, 1.165) is 19.6 Å². The number of aromatic nitrogens is 1. The third-order valence-electron chi connectivity index (χ3n) is 3.99. The van der Waals surface area contributed by atoms with Gasteiger partial charge in [0.1, 0.15) is 5.82 Å². The monoisotopic (exact) mass is 286 g/mol. The molecule has 0 radical (unpaired) electrons. The molecule has 1 saturated heterocycles. The number of hydrogen-bond donors (Lipinski definition) is 2. The Kier molecular flexibility index (Phi) is 3.75. The molecule has 2 atom stereocenters. The van der Waals surface area contributed by atoms with E-state index in [1.165, 1.54) is 0 Å². The molecule has 2 aromatic rings. The zero-order valence-corrected chi connectivity index (χ0v) is 11.9. The van der Waals surface area contributed by atoms with Crippen LogP contribution in [0, 0.1) is 5.92 Å². The number of pyridine rings is 1. The number of anilines is 1. The summed E-state index contributed by atoms with van der Waals surface area (Å²) >= 11 is 0. The Balaban J connectivity index is 1.93. The molecule has 1 aliphatic rings. The molecule has 1 aromatic carbocycles. The lowest BCUT2D eigenvalue weighted by atomic mass is 10.0. The molecule has 3 rings (SSSR count). The molecule has 21 heavy (non-hydrogen) atoms. The van der Waals surface area contributed by atoms with Gasteiger partial charge in [0.05, 0.1) is 17.7 Å². The van der Waals surface area contributed by atoms with Crippen LogP contribution < -0.4 is 5.32 Å². The van der Waals surface area contributed by atoms with Crippen molar-refractivity contribution in [2.45, 2.75) is 19.4 Å². The maximum absolute atomic E-state index is 11.4. The molecule has 1 aliphatic heterocycles. The Morgan fingerprint density at radius 2 is 2.29 bits per heavy atom. The molecule has 5 nitrogen and oxygen atoms in total. The van der Waals surface area contributed by atoms with Gasteiger partial charge in [0, 0.05) is 24.0 Å². The third-order valence-corrected chi connectivity index (χ3v) is 3.99. The first-order valence-corrected chi connectivity index (χ1v) is 7.12. The third kappa shape index (κ3) is 2.83. The molecule has 0 saturated carbocycles. The summed E-state index contributed by atoms with van der Waals surface area (Å²) in [6, 6.07) is 9.10. The minimum absolute atomic E-state index is 0.197. The van der Waals surface area contributed by atoms with Gasteiger partial charge in [-0.3, -0.25) is 0 Å². The summed E-state index contributed by atoms with van der Waals surface area (Å²) in [4.78, 5) is 15.9. The number of benzene rings is 1. The second-order valence-electron chi connectivity index (χ2n) is 5.43. The van der Waals surface area contributed by atoms with E-state index in [1.807, 2.05) is 18.2 Å². The van der Waals surface area contributed by atoms with Crippen molar-refractivity contribution in [2.75, 3.05) is 18.5 Å². The van der Waals surface area contributed by atoms with Crippen molar-refractivity contribution in [3.63, 3.8) is 0 Å². The van der Waals surface area contributed by atoms with Gasteiger partial charge in [-0.2, -0.15) is 0 Å². The maximum atomic E-state index is 11.4. The summed E-state index contributed by atoms with van der Waals surface area (Å²) in [7, 11) is 0. The molecule has 110 valence electrons. The number of aromatic carboxylic acids is 1. The number of carboxylic acid groups (broad SMARTS) is 1. The highest BCUT2D eigenvalue weighted by Crippen LogP contribution is 2.24. The van der Waals surface area contributed by atoms with Crippen molar-refractivity contribution >= 4 is 22.7 Å². The van der Waals surface area contributed by atoms with Crippen LogP contribution in [0.4, 0.5) is 5.82 Å². The Bertz CT molecular complexity index is 666. The van der Waals surface area contributed by atoms with Crippen molar-refractivity contribution in [1.29, 1.82) is 0 Å². The average Bonchev–Trinajstić information content (AvgIpc) is 3.00. The maximum Gasteiger partial charge on any atom is 0.336 e. The first-order valence-electron chi connectivity index (χ1n) is 7.12. The lowest BCUT2D eigenvalue weighted by molar-refractivity contribution is 0.0699. The highest BCUT2D eigenvalue weighted by atomic mass is 16.5. The van der Waals surface area contributed by atoms with Crippen LogP contribution in [-0.2, 0) is 4.74 Å². The topological polar surface area (TPSA) is 71.5 Å². The van der Waals surface area contributed by atoms with Gasteiger partial charge in [0.15, 0.2) is 0 Å². The Morgan fingerprint density at radius 1 is 1.48 bits per heavy atom. The fourth-order valence-corrected chi connectivity index (χ4v) is 2.72. The summed E-state index contributed by atoms with van der Waals surface area (Å²) in [6.45, 7) is 3.62. The minimum atomic E-state index is -0.937. The number of fused-ring (bicyclic) bond motifs is 1. The van der Waals surface area contributed by atoms with Crippen LogP contribution in [0.3, 0.4) is 0 Å². The predicted molar refractivity (Wildman–Crippen MR) is 80.7 cm³/mol. The van der Waals surface area contributed by atoms with Crippen molar-refractivity contribution < 1.29 is 14.6 Å². The normalized spacial score (nSPS) is 19.6. The smallest absolute Gasteiger partial charge is 0.336 e. The molecule has 2 N–H and O–H groups in total.